The number of benzene rings is 3. The van der Waals surface area contributed by atoms with Crippen molar-refractivity contribution in [2.24, 2.45) is 5.41 Å². The summed E-state index contributed by atoms with van der Waals surface area (Å²) in [6.07, 6.45) is 0.911. The van der Waals surface area contributed by atoms with E-state index in [2.05, 4.69) is 60.8 Å². The molecular formula is C24H23NOS. The van der Waals surface area contributed by atoms with Crippen molar-refractivity contribution in [1.29, 1.82) is 0 Å². The second-order valence-corrected chi connectivity index (χ2v) is 8.39. The Bertz CT molecular complexity index is 908. The Balaban J connectivity index is 1.34. The predicted octanol–water partition coefficient (Wildman–Crippen LogP) is 6.11. The van der Waals surface area contributed by atoms with Crippen LogP contribution < -0.4 is 5.32 Å². The van der Waals surface area contributed by atoms with Gasteiger partial charge in [-0.15, -0.1) is 11.8 Å². The number of carbonyl (C=O) groups excluding carboxylic acids is 1. The van der Waals surface area contributed by atoms with Crippen molar-refractivity contribution in [3.63, 3.8) is 0 Å². The van der Waals surface area contributed by atoms with Crippen LogP contribution in [0, 0.1) is 5.41 Å². The molecule has 2 nitrogen and oxygen atoms in total. The zero-order chi connectivity index (χ0) is 18.7. The van der Waals surface area contributed by atoms with E-state index >= 15 is 0 Å². The van der Waals surface area contributed by atoms with Crippen molar-refractivity contribution < 1.29 is 4.79 Å². The average molecular weight is 374 g/mol. The molecule has 4 rings (SSSR count). The van der Waals surface area contributed by atoms with Crippen LogP contribution in [0.4, 0.5) is 5.69 Å². The monoisotopic (exact) mass is 373 g/mol. The van der Waals surface area contributed by atoms with E-state index in [9.17, 15) is 4.79 Å². The predicted molar refractivity (Wildman–Crippen MR) is 113 cm³/mol. The van der Waals surface area contributed by atoms with Gasteiger partial charge in [-0.25, -0.2) is 0 Å². The maximum atomic E-state index is 12.8. The van der Waals surface area contributed by atoms with Gasteiger partial charge in [-0.2, -0.15) is 0 Å². The molecule has 0 aromatic heterocycles. The summed E-state index contributed by atoms with van der Waals surface area (Å²) in [6, 6.07) is 28.9. The summed E-state index contributed by atoms with van der Waals surface area (Å²) in [6.45, 7) is 2.06. The van der Waals surface area contributed by atoms with E-state index in [4.69, 9.17) is 0 Å². The molecule has 0 aliphatic heterocycles. The summed E-state index contributed by atoms with van der Waals surface area (Å²) in [5.41, 5.74) is 3.13. The molecule has 0 saturated heterocycles. The molecule has 2 atom stereocenters. The third kappa shape index (κ3) is 4.09. The number of thioether (sulfide) groups is 1. The number of nitrogens with one attached hydrogen (secondary N) is 1. The van der Waals surface area contributed by atoms with E-state index in [1.165, 1.54) is 16.0 Å². The quantitative estimate of drug-likeness (QED) is 0.528. The van der Waals surface area contributed by atoms with Crippen LogP contribution in [0.1, 0.15) is 30.4 Å². The van der Waals surface area contributed by atoms with E-state index in [0.29, 0.717) is 5.92 Å². The maximum absolute atomic E-state index is 12.8. The highest BCUT2D eigenvalue weighted by Gasteiger charge is 2.56. The Morgan fingerprint density at radius 2 is 1.59 bits per heavy atom. The third-order valence-electron chi connectivity index (χ3n) is 5.32. The van der Waals surface area contributed by atoms with Crippen LogP contribution in [-0.2, 0) is 10.5 Å². The minimum atomic E-state index is -0.303. The second kappa shape index (κ2) is 7.61. The lowest BCUT2D eigenvalue weighted by Gasteiger charge is -2.13. The van der Waals surface area contributed by atoms with Crippen LogP contribution in [0.15, 0.2) is 89.8 Å². The normalized spacial score (nSPS) is 20.9. The molecule has 0 heterocycles. The molecule has 1 saturated carbocycles. The Labute approximate surface area is 165 Å². The molecule has 1 fully saturated rings. The van der Waals surface area contributed by atoms with Gasteiger partial charge in [0.1, 0.15) is 0 Å². The Morgan fingerprint density at radius 1 is 0.963 bits per heavy atom. The van der Waals surface area contributed by atoms with Crippen molar-refractivity contribution >= 4 is 23.4 Å². The zero-order valence-electron chi connectivity index (χ0n) is 15.4. The Hall–Kier alpha value is -2.52. The molecule has 1 N–H and O–H groups in total. The van der Waals surface area contributed by atoms with E-state index in [0.717, 1.165) is 17.9 Å². The van der Waals surface area contributed by atoms with Gasteiger partial charge in [0.05, 0.1) is 5.41 Å². The van der Waals surface area contributed by atoms with Crippen LogP contribution in [0.2, 0.25) is 0 Å². The van der Waals surface area contributed by atoms with Gasteiger partial charge in [-0.05, 0) is 47.7 Å². The highest BCUT2D eigenvalue weighted by molar-refractivity contribution is 7.98. The largest absolute Gasteiger partial charge is 0.326 e. The van der Waals surface area contributed by atoms with Crippen molar-refractivity contribution in [2.75, 3.05) is 5.32 Å². The number of anilines is 1. The first-order valence-electron chi connectivity index (χ1n) is 9.28. The highest BCUT2D eigenvalue weighted by atomic mass is 32.2. The molecule has 27 heavy (non-hydrogen) atoms. The van der Waals surface area contributed by atoms with Gasteiger partial charge in [0.15, 0.2) is 0 Å². The second-order valence-electron chi connectivity index (χ2n) is 7.34. The van der Waals surface area contributed by atoms with Gasteiger partial charge in [0.25, 0.3) is 0 Å². The van der Waals surface area contributed by atoms with E-state index in [1.807, 2.05) is 36.4 Å². The fourth-order valence-electron chi connectivity index (χ4n) is 3.44. The van der Waals surface area contributed by atoms with Gasteiger partial charge in [0.2, 0.25) is 5.91 Å². The van der Waals surface area contributed by atoms with Crippen LogP contribution in [0.5, 0.6) is 0 Å². The summed E-state index contributed by atoms with van der Waals surface area (Å²) < 4.78 is 0. The molecule has 1 amide bonds. The Kier molecular flexibility index (Phi) is 5.04. The van der Waals surface area contributed by atoms with E-state index in [1.54, 1.807) is 11.8 Å². The first-order valence-corrected chi connectivity index (χ1v) is 10.3. The van der Waals surface area contributed by atoms with Gasteiger partial charge < -0.3 is 5.32 Å². The standard InChI is InChI=1S/C24H23NOS/c1-24(16-22(24)19-10-6-3-7-11-19)23(26)25-20-12-14-21(15-13-20)27-17-18-8-4-2-5-9-18/h2-15,22H,16-17H2,1H3,(H,25,26). The SMILES string of the molecule is CC1(C(=O)Nc2ccc(SCc3ccccc3)cc2)CC1c1ccccc1. The molecule has 3 heteroatoms. The molecule has 0 bridgehead atoms. The van der Waals surface area contributed by atoms with E-state index < -0.39 is 0 Å². The molecule has 2 unspecified atom stereocenters. The van der Waals surface area contributed by atoms with Gasteiger partial charge in [0, 0.05) is 16.3 Å². The van der Waals surface area contributed by atoms with Crippen molar-refractivity contribution in [3.05, 3.63) is 96.1 Å². The minimum Gasteiger partial charge on any atom is -0.326 e. The summed E-state index contributed by atoms with van der Waals surface area (Å²) in [4.78, 5) is 14.0. The van der Waals surface area contributed by atoms with Crippen LogP contribution in [0.3, 0.4) is 0 Å². The topological polar surface area (TPSA) is 29.1 Å². The molecule has 3 aromatic carbocycles. The minimum absolute atomic E-state index is 0.112. The lowest BCUT2D eigenvalue weighted by atomic mass is 10.00. The lowest BCUT2D eigenvalue weighted by Crippen LogP contribution is -2.23. The Morgan fingerprint density at radius 3 is 2.26 bits per heavy atom. The fraction of sp³-hybridized carbons (Fsp3) is 0.208. The van der Waals surface area contributed by atoms with Crippen LogP contribution >= 0.6 is 11.8 Å². The summed E-state index contributed by atoms with van der Waals surface area (Å²) in [5, 5.41) is 3.10. The molecule has 1 aliphatic rings. The summed E-state index contributed by atoms with van der Waals surface area (Å²) >= 11 is 1.80. The molecule has 3 aromatic rings. The maximum Gasteiger partial charge on any atom is 0.230 e. The van der Waals surface area contributed by atoms with Gasteiger partial charge in [-0.3, -0.25) is 4.79 Å². The zero-order valence-corrected chi connectivity index (χ0v) is 16.2. The first kappa shape index (κ1) is 17.9. The lowest BCUT2D eigenvalue weighted by molar-refractivity contribution is -0.120. The number of hydrogen-bond acceptors (Lipinski definition) is 2. The average Bonchev–Trinajstić information content (AvgIpc) is 3.42. The van der Waals surface area contributed by atoms with Crippen molar-refractivity contribution in [2.45, 2.75) is 29.9 Å². The molecule has 0 radical (unpaired) electrons. The van der Waals surface area contributed by atoms with Crippen LogP contribution in [-0.4, -0.2) is 5.91 Å². The number of amides is 1. The van der Waals surface area contributed by atoms with Crippen molar-refractivity contribution in [3.8, 4) is 0 Å². The summed E-state index contributed by atoms with van der Waals surface area (Å²) in [5.74, 6) is 1.38. The van der Waals surface area contributed by atoms with Gasteiger partial charge >= 0.3 is 0 Å². The highest BCUT2D eigenvalue weighted by Crippen LogP contribution is 2.59. The molecule has 1 aliphatic carbocycles. The van der Waals surface area contributed by atoms with Gasteiger partial charge in [-0.1, -0.05) is 67.6 Å². The van der Waals surface area contributed by atoms with Crippen LogP contribution in [0.25, 0.3) is 0 Å². The number of rotatable bonds is 6. The summed E-state index contributed by atoms with van der Waals surface area (Å²) in [7, 11) is 0. The first-order chi connectivity index (χ1) is 13.1. The number of carbonyl (C=O) groups is 1. The number of hydrogen-bond donors (Lipinski definition) is 1. The molecular weight excluding hydrogens is 350 g/mol. The van der Waals surface area contributed by atoms with E-state index in [-0.39, 0.29) is 11.3 Å². The smallest absolute Gasteiger partial charge is 0.230 e. The molecule has 136 valence electrons. The molecule has 0 spiro atoms. The fourth-order valence-corrected chi connectivity index (χ4v) is 4.29. The van der Waals surface area contributed by atoms with Crippen molar-refractivity contribution in [1.82, 2.24) is 0 Å². The third-order valence-corrected chi connectivity index (χ3v) is 6.40.